The van der Waals surface area contributed by atoms with Gasteiger partial charge in [-0.25, -0.2) is 4.79 Å². The molecule has 0 fully saturated rings. The zero-order chi connectivity index (χ0) is 19.4. The van der Waals surface area contributed by atoms with Crippen LogP contribution in [0.5, 0.6) is 0 Å². The number of fused-ring (bicyclic) bond motifs is 1. The highest BCUT2D eigenvalue weighted by molar-refractivity contribution is 6.30. The predicted molar refractivity (Wildman–Crippen MR) is 104 cm³/mol. The molecule has 1 aliphatic rings. The molecule has 3 rings (SSSR count). The van der Waals surface area contributed by atoms with E-state index in [1.807, 2.05) is 55.5 Å². The van der Waals surface area contributed by atoms with Gasteiger partial charge in [-0.05, 0) is 35.7 Å². The van der Waals surface area contributed by atoms with Crippen molar-refractivity contribution in [3.05, 3.63) is 70.2 Å². The number of carbonyl (C=O) groups is 2. The number of methoxy groups -OCH3 is 1. The average molecular weight is 387 g/mol. The van der Waals surface area contributed by atoms with Crippen LogP contribution in [0.25, 0.3) is 0 Å². The van der Waals surface area contributed by atoms with E-state index in [-0.39, 0.29) is 24.5 Å². The maximum absolute atomic E-state index is 12.9. The Kier molecular flexibility index (Phi) is 6.14. The van der Waals surface area contributed by atoms with Gasteiger partial charge in [0.05, 0.1) is 13.7 Å². The molecule has 0 saturated heterocycles. The third-order valence-corrected chi connectivity index (χ3v) is 5.22. The van der Waals surface area contributed by atoms with Crippen molar-refractivity contribution in [3.63, 3.8) is 0 Å². The molecule has 2 aromatic rings. The van der Waals surface area contributed by atoms with E-state index in [0.29, 0.717) is 18.0 Å². The summed E-state index contributed by atoms with van der Waals surface area (Å²) in [5.74, 6) is -0.510. The molecule has 2 atom stereocenters. The molecule has 0 saturated carbocycles. The molecule has 0 radical (unpaired) electrons. The number of ether oxygens (including phenoxy) is 1. The number of nitrogens with zero attached hydrogens (tertiary/aromatic N) is 1. The Bertz CT molecular complexity index is 822. The zero-order valence-electron chi connectivity index (χ0n) is 15.4. The van der Waals surface area contributed by atoms with Gasteiger partial charge in [0.15, 0.2) is 0 Å². The van der Waals surface area contributed by atoms with Crippen LogP contribution in [-0.2, 0) is 27.3 Å². The minimum Gasteiger partial charge on any atom is -0.467 e. The fraction of sp³-hybridized carbons (Fsp3) is 0.333. The van der Waals surface area contributed by atoms with Gasteiger partial charge in [-0.2, -0.15) is 0 Å². The Morgan fingerprint density at radius 1 is 1.19 bits per heavy atom. The fourth-order valence-electron chi connectivity index (χ4n) is 3.34. The molecule has 6 heteroatoms. The summed E-state index contributed by atoms with van der Waals surface area (Å²) in [5, 5.41) is 3.91. The summed E-state index contributed by atoms with van der Waals surface area (Å²) >= 11 is 5.92. The maximum Gasteiger partial charge on any atom is 0.328 e. The number of amides is 1. The summed E-state index contributed by atoms with van der Waals surface area (Å²) < 4.78 is 4.93. The number of nitrogens with one attached hydrogen (secondary N) is 1. The molecule has 0 bridgehead atoms. The number of halogens is 1. The first-order valence-electron chi connectivity index (χ1n) is 8.92. The van der Waals surface area contributed by atoms with Gasteiger partial charge in [0.2, 0.25) is 5.91 Å². The van der Waals surface area contributed by atoms with Crippen LogP contribution in [0.4, 0.5) is 0 Å². The van der Waals surface area contributed by atoms with Crippen molar-refractivity contribution in [2.24, 2.45) is 0 Å². The Hall–Kier alpha value is -2.37. The SMILES string of the molecule is COC(=O)C1Cc2ccccc2CN1C(=O)CNC(C)c1ccc(Cl)cc1. The van der Waals surface area contributed by atoms with Crippen molar-refractivity contribution in [3.8, 4) is 0 Å². The topological polar surface area (TPSA) is 58.6 Å². The van der Waals surface area contributed by atoms with Gasteiger partial charge in [-0.1, -0.05) is 48.0 Å². The second kappa shape index (κ2) is 8.55. The lowest BCUT2D eigenvalue weighted by molar-refractivity contribution is -0.153. The molecule has 0 spiro atoms. The van der Waals surface area contributed by atoms with Crippen molar-refractivity contribution in [1.29, 1.82) is 0 Å². The minimum absolute atomic E-state index is 0.0140. The van der Waals surface area contributed by atoms with Crippen LogP contribution in [0, 0.1) is 0 Å². The number of esters is 1. The molecule has 2 unspecified atom stereocenters. The van der Waals surface area contributed by atoms with Gasteiger partial charge in [-0.3, -0.25) is 4.79 Å². The van der Waals surface area contributed by atoms with E-state index in [1.54, 1.807) is 4.90 Å². The van der Waals surface area contributed by atoms with Gasteiger partial charge in [0, 0.05) is 24.0 Å². The molecule has 27 heavy (non-hydrogen) atoms. The fourth-order valence-corrected chi connectivity index (χ4v) is 3.47. The van der Waals surface area contributed by atoms with E-state index < -0.39 is 6.04 Å². The lowest BCUT2D eigenvalue weighted by atomic mass is 9.94. The number of rotatable bonds is 5. The summed E-state index contributed by atoms with van der Waals surface area (Å²) in [5.41, 5.74) is 3.19. The molecule has 0 aliphatic carbocycles. The van der Waals surface area contributed by atoms with Crippen LogP contribution in [-0.4, -0.2) is 36.5 Å². The highest BCUT2D eigenvalue weighted by Gasteiger charge is 2.35. The van der Waals surface area contributed by atoms with Crippen molar-refractivity contribution in [2.45, 2.75) is 32.0 Å². The van der Waals surface area contributed by atoms with Crippen molar-refractivity contribution >= 4 is 23.5 Å². The highest BCUT2D eigenvalue weighted by Crippen LogP contribution is 2.24. The maximum atomic E-state index is 12.9. The molecule has 1 aliphatic heterocycles. The Balaban J connectivity index is 1.69. The van der Waals surface area contributed by atoms with E-state index in [2.05, 4.69) is 5.32 Å². The van der Waals surface area contributed by atoms with E-state index in [0.717, 1.165) is 16.7 Å². The number of benzene rings is 2. The third kappa shape index (κ3) is 4.49. The molecule has 1 amide bonds. The summed E-state index contributed by atoms with van der Waals surface area (Å²) in [7, 11) is 1.35. The van der Waals surface area contributed by atoms with E-state index in [4.69, 9.17) is 16.3 Å². The molecular weight excluding hydrogens is 364 g/mol. The summed E-state index contributed by atoms with van der Waals surface area (Å²) in [6.45, 7) is 2.53. The van der Waals surface area contributed by atoms with E-state index in [1.165, 1.54) is 7.11 Å². The van der Waals surface area contributed by atoms with Crippen molar-refractivity contribution in [1.82, 2.24) is 10.2 Å². The van der Waals surface area contributed by atoms with Crippen LogP contribution in [0.15, 0.2) is 48.5 Å². The summed E-state index contributed by atoms with van der Waals surface area (Å²) in [4.78, 5) is 26.7. The molecule has 1 N–H and O–H groups in total. The first kappa shape index (κ1) is 19.4. The molecule has 2 aromatic carbocycles. The monoisotopic (exact) mass is 386 g/mol. The Morgan fingerprint density at radius 3 is 2.52 bits per heavy atom. The van der Waals surface area contributed by atoms with E-state index >= 15 is 0 Å². The first-order valence-corrected chi connectivity index (χ1v) is 9.30. The molecule has 142 valence electrons. The van der Waals surface area contributed by atoms with Gasteiger partial charge in [-0.15, -0.1) is 0 Å². The van der Waals surface area contributed by atoms with E-state index in [9.17, 15) is 9.59 Å². The second-order valence-corrected chi connectivity index (χ2v) is 7.12. The standard InChI is InChI=1S/C21H23ClN2O3/c1-14(15-7-9-18(22)10-8-15)23-12-20(25)24-13-17-6-4-3-5-16(17)11-19(24)21(26)27-2/h3-10,14,19,23H,11-13H2,1-2H3. The van der Waals surface area contributed by atoms with Gasteiger partial charge < -0.3 is 15.0 Å². The molecular formula is C21H23ClN2O3. The van der Waals surface area contributed by atoms with Gasteiger partial charge >= 0.3 is 5.97 Å². The number of hydrogen-bond acceptors (Lipinski definition) is 4. The quantitative estimate of drug-likeness (QED) is 0.802. The van der Waals surface area contributed by atoms with Crippen LogP contribution in [0.1, 0.15) is 29.7 Å². The lowest BCUT2D eigenvalue weighted by Gasteiger charge is -2.35. The second-order valence-electron chi connectivity index (χ2n) is 6.69. The largest absolute Gasteiger partial charge is 0.467 e. The molecule has 5 nitrogen and oxygen atoms in total. The van der Waals surface area contributed by atoms with Crippen LogP contribution >= 0.6 is 11.6 Å². The third-order valence-electron chi connectivity index (χ3n) is 4.97. The normalized spacial score (nSPS) is 17.1. The van der Waals surface area contributed by atoms with Crippen LogP contribution in [0.3, 0.4) is 0 Å². The zero-order valence-corrected chi connectivity index (χ0v) is 16.2. The molecule has 0 aromatic heterocycles. The Morgan fingerprint density at radius 2 is 1.85 bits per heavy atom. The smallest absolute Gasteiger partial charge is 0.328 e. The van der Waals surface area contributed by atoms with Crippen molar-refractivity contribution < 1.29 is 14.3 Å². The summed E-state index contributed by atoms with van der Waals surface area (Å²) in [6, 6.07) is 14.8. The average Bonchev–Trinajstić information content (AvgIpc) is 2.70. The van der Waals surface area contributed by atoms with Crippen LogP contribution in [0.2, 0.25) is 5.02 Å². The van der Waals surface area contributed by atoms with Gasteiger partial charge in [0.1, 0.15) is 6.04 Å². The van der Waals surface area contributed by atoms with Crippen molar-refractivity contribution in [2.75, 3.05) is 13.7 Å². The minimum atomic E-state index is -0.593. The Labute approximate surface area is 164 Å². The highest BCUT2D eigenvalue weighted by atomic mass is 35.5. The summed E-state index contributed by atoms with van der Waals surface area (Å²) in [6.07, 6.45) is 0.474. The van der Waals surface area contributed by atoms with Crippen LogP contribution < -0.4 is 5.32 Å². The van der Waals surface area contributed by atoms with Gasteiger partial charge in [0.25, 0.3) is 0 Å². The molecule has 1 heterocycles. The number of hydrogen-bond donors (Lipinski definition) is 1. The lowest BCUT2D eigenvalue weighted by Crippen LogP contribution is -2.51. The predicted octanol–water partition coefficient (Wildman–Crippen LogP) is 3.12. The number of carbonyl (C=O) groups excluding carboxylic acids is 2. The first-order chi connectivity index (χ1) is 13.0.